The first-order valence-electron chi connectivity index (χ1n) is 5.80. The lowest BCUT2D eigenvalue weighted by molar-refractivity contribution is -0.160. The van der Waals surface area contributed by atoms with Gasteiger partial charge in [0.05, 0.1) is 18.6 Å². The molecule has 1 saturated heterocycles. The summed E-state index contributed by atoms with van der Waals surface area (Å²) in [7, 11) is 2.10. The summed E-state index contributed by atoms with van der Waals surface area (Å²) < 4.78 is 0. The lowest BCUT2D eigenvalue weighted by Crippen LogP contribution is -2.35. The van der Waals surface area contributed by atoms with Crippen LogP contribution in [0, 0.1) is 5.41 Å². The highest BCUT2D eigenvalue weighted by Gasteiger charge is 2.40. The highest BCUT2D eigenvalue weighted by molar-refractivity contribution is 5.82. The largest absolute Gasteiger partial charge is 0.302 e. The molecule has 0 atom stereocenters. The van der Waals surface area contributed by atoms with Crippen molar-refractivity contribution in [1.82, 2.24) is 9.96 Å². The van der Waals surface area contributed by atoms with Crippen molar-refractivity contribution in [2.75, 3.05) is 33.3 Å². The molecule has 1 amide bonds. The molecule has 2 rings (SSSR count). The SMILES string of the molecule is CN1CCC=C(CN2OCC(C)(C)C2=O)C1. The van der Waals surface area contributed by atoms with Crippen LogP contribution in [0.5, 0.6) is 0 Å². The van der Waals surface area contributed by atoms with Crippen LogP contribution in [0.4, 0.5) is 0 Å². The molecule has 2 heterocycles. The number of amides is 1. The van der Waals surface area contributed by atoms with E-state index in [0.717, 1.165) is 19.5 Å². The molecule has 1 fully saturated rings. The van der Waals surface area contributed by atoms with Crippen molar-refractivity contribution in [2.24, 2.45) is 5.41 Å². The van der Waals surface area contributed by atoms with Crippen LogP contribution in [0.25, 0.3) is 0 Å². The topological polar surface area (TPSA) is 32.8 Å². The molecular formula is C12H20N2O2. The van der Waals surface area contributed by atoms with E-state index in [-0.39, 0.29) is 11.3 Å². The molecule has 0 aromatic rings. The Balaban J connectivity index is 1.96. The van der Waals surface area contributed by atoms with Crippen molar-refractivity contribution < 1.29 is 9.63 Å². The molecule has 4 heteroatoms. The van der Waals surface area contributed by atoms with Gasteiger partial charge in [-0.2, -0.15) is 0 Å². The van der Waals surface area contributed by atoms with Crippen molar-refractivity contribution in [1.29, 1.82) is 0 Å². The van der Waals surface area contributed by atoms with Gasteiger partial charge in [0.15, 0.2) is 0 Å². The maximum atomic E-state index is 11.9. The first-order chi connectivity index (χ1) is 7.49. The zero-order chi connectivity index (χ0) is 11.8. The number of nitrogens with zero attached hydrogens (tertiary/aromatic N) is 2. The van der Waals surface area contributed by atoms with E-state index in [1.165, 1.54) is 10.6 Å². The average Bonchev–Trinajstić information content (AvgIpc) is 2.45. The summed E-state index contributed by atoms with van der Waals surface area (Å²) in [5, 5.41) is 1.52. The van der Waals surface area contributed by atoms with E-state index in [4.69, 9.17) is 4.84 Å². The van der Waals surface area contributed by atoms with Crippen LogP contribution >= 0.6 is 0 Å². The van der Waals surface area contributed by atoms with E-state index < -0.39 is 0 Å². The number of hydrogen-bond donors (Lipinski definition) is 0. The third-order valence-electron chi connectivity index (χ3n) is 3.15. The van der Waals surface area contributed by atoms with Gasteiger partial charge in [-0.3, -0.25) is 9.63 Å². The van der Waals surface area contributed by atoms with Crippen LogP contribution in [0.3, 0.4) is 0 Å². The molecule has 90 valence electrons. The Hall–Kier alpha value is -0.870. The van der Waals surface area contributed by atoms with E-state index in [0.29, 0.717) is 13.2 Å². The van der Waals surface area contributed by atoms with Crippen LogP contribution in [-0.2, 0) is 9.63 Å². The monoisotopic (exact) mass is 224 g/mol. The number of carbonyl (C=O) groups is 1. The summed E-state index contributed by atoms with van der Waals surface area (Å²) in [4.78, 5) is 19.7. The predicted octanol–water partition coefficient (Wildman–Crippen LogP) is 1.05. The van der Waals surface area contributed by atoms with Gasteiger partial charge in [-0.25, -0.2) is 5.06 Å². The third kappa shape index (κ3) is 2.28. The molecule has 4 nitrogen and oxygen atoms in total. The maximum absolute atomic E-state index is 11.9. The fourth-order valence-corrected chi connectivity index (χ4v) is 2.09. The number of hydroxylamine groups is 2. The molecular weight excluding hydrogens is 204 g/mol. The average molecular weight is 224 g/mol. The molecule has 0 aromatic carbocycles. The van der Waals surface area contributed by atoms with E-state index in [1.54, 1.807) is 0 Å². The quantitative estimate of drug-likeness (QED) is 0.657. The van der Waals surface area contributed by atoms with Gasteiger partial charge >= 0.3 is 0 Å². The van der Waals surface area contributed by atoms with Gasteiger partial charge in [0.1, 0.15) is 0 Å². The molecule has 0 bridgehead atoms. The summed E-state index contributed by atoms with van der Waals surface area (Å²) in [5.74, 6) is 0.0987. The molecule has 0 spiro atoms. The van der Waals surface area contributed by atoms with Gasteiger partial charge in [0, 0.05) is 13.1 Å². The van der Waals surface area contributed by atoms with E-state index in [1.807, 2.05) is 13.8 Å². The number of likely N-dealkylation sites (N-methyl/N-ethyl adjacent to an activating group) is 1. The fourth-order valence-electron chi connectivity index (χ4n) is 2.09. The summed E-state index contributed by atoms with van der Waals surface area (Å²) in [6.07, 6.45) is 3.29. The summed E-state index contributed by atoms with van der Waals surface area (Å²) in [5.41, 5.74) is 0.918. The summed E-state index contributed by atoms with van der Waals surface area (Å²) in [6, 6.07) is 0. The fraction of sp³-hybridized carbons (Fsp3) is 0.750. The van der Waals surface area contributed by atoms with Crippen molar-refractivity contribution in [3.05, 3.63) is 11.6 Å². The first-order valence-corrected chi connectivity index (χ1v) is 5.80. The minimum atomic E-state index is -0.360. The lowest BCUT2D eigenvalue weighted by atomic mass is 9.95. The molecule has 0 aliphatic carbocycles. The smallest absolute Gasteiger partial charge is 0.254 e. The van der Waals surface area contributed by atoms with Crippen LogP contribution in [0.15, 0.2) is 11.6 Å². The third-order valence-corrected chi connectivity index (χ3v) is 3.15. The minimum absolute atomic E-state index is 0.0987. The van der Waals surface area contributed by atoms with Gasteiger partial charge in [-0.05, 0) is 32.9 Å². The van der Waals surface area contributed by atoms with Crippen molar-refractivity contribution in [2.45, 2.75) is 20.3 Å². The van der Waals surface area contributed by atoms with Gasteiger partial charge in [0.25, 0.3) is 5.91 Å². The molecule has 0 unspecified atom stereocenters. The zero-order valence-electron chi connectivity index (χ0n) is 10.3. The molecule has 2 aliphatic rings. The Morgan fingerprint density at radius 2 is 2.25 bits per heavy atom. The molecule has 16 heavy (non-hydrogen) atoms. The Labute approximate surface area is 96.8 Å². The van der Waals surface area contributed by atoms with E-state index in [2.05, 4.69) is 18.0 Å². The normalized spacial score (nSPS) is 26.1. The first kappa shape index (κ1) is 11.6. The second-order valence-electron chi connectivity index (χ2n) is 5.39. The van der Waals surface area contributed by atoms with E-state index in [9.17, 15) is 4.79 Å². The predicted molar refractivity (Wildman–Crippen MR) is 61.6 cm³/mol. The number of rotatable bonds is 2. The van der Waals surface area contributed by atoms with Crippen LogP contribution in [0.2, 0.25) is 0 Å². The Bertz CT molecular complexity index is 323. The van der Waals surface area contributed by atoms with Crippen LogP contribution < -0.4 is 0 Å². The Morgan fingerprint density at radius 3 is 2.81 bits per heavy atom. The number of hydrogen-bond acceptors (Lipinski definition) is 3. The summed E-state index contributed by atoms with van der Waals surface area (Å²) in [6.45, 7) is 7.01. The maximum Gasteiger partial charge on any atom is 0.254 e. The second-order valence-corrected chi connectivity index (χ2v) is 5.39. The highest BCUT2D eigenvalue weighted by Crippen LogP contribution is 2.27. The van der Waals surface area contributed by atoms with Crippen molar-refractivity contribution in [3.8, 4) is 0 Å². The van der Waals surface area contributed by atoms with Gasteiger partial charge in [-0.15, -0.1) is 0 Å². The molecule has 0 N–H and O–H groups in total. The molecule has 0 radical (unpaired) electrons. The molecule has 0 aromatic heterocycles. The lowest BCUT2D eigenvalue weighted by Gasteiger charge is -2.25. The Morgan fingerprint density at radius 1 is 1.50 bits per heavy atom. The standard InChI is InChI=1S/C12H20N2O2/c1-12(2)9-16-14(11(12)15)8-10-5-4-6-13(3)7-10/h5H,4,6-9H2,1-3H3. The van der Waals surface area contributed by atoms with E-state index >= 15 is 0 Å². The van der Waals surface area contributed by atoms with Crippen molar-refractivity contribution in [3.63, 3.8) is 0 Å². The van der Waals surface area contributed by atoms with Gasteiger partial charge < -0.3 is 4.90 Å². The molecule has 0 saturated carbocycles. The zero-order valence-corrected chi connectivity index (χ0v) is 10.3. The highest BCUT2D eigenvalue weighted by atomic mass is 16.7. The van der Waals surface area contributed by atoms with Gasteiger partial charge in [0.2, 0.25) is 0 Å². The van der Waals surface area contributed by atoms with Crippen molar-refractivity contribution >= 4 is 5.91 Å². The van der Waals surface area contributed by atoms with Gasteiger partial charge in [-0.1, -0.05) is 6.08 Å². The molecule has 2 aliphatic heterocycles. The number of carbonyl (C=O) groups excluding carboxylic acids is 1. The second kappa shape index (κ2) is 4.18. The van der Waals surface area contributed by atoms with Crippen LogP contribution in [-0.4, -0.2) is 49.2 Å². The Kier molecular flexibility index (Phi) is 3.04. The minimum Gasteiger partial charge on any atom is -0.302 e. The summed E-state index contributed by atoms with van der Waals surface area (Å²) >= 11 is 0. The van der Waals surface area contributed by atoms with Crippen LogP contribution in [0.1, 0.15) is 20.3 Å².